The summed E-state index contributed by atoms with van der Waals surface area (Å²) in [6, 6.07) is 0.297. The van der Waals surface area contributed by atoms with E-state index in [1.807, 2.05) is 0 Å². The molecule has 1 saturated heterocycles. The van der Waals surface area contributed by atoms with Crippen LogP contribution in [0.3, 0.4) is 0 Å². The lowest BCUT2D eigenvalue weighted by atomic mass is 10.1. The third-order valence-corrected chi connectivity index (χ3v) is 2.80. The molecule has 0 spiro atoms. The number of rotatable bonds is 2. The van der Waals surface area contributed by atoms with E-state index in [-0.39, 0.29) is 0 Å². The Morgan fingerprint density at radius 1 is 1.31 bits per heavy atom. The van der Waals surface area contributed by atoms with Gasteiger partial charge in [0.2, 0.25) is 0 Å². The van der Waals surface area contributed by atoms with E-state index in [1.165, 1.54) is 0 Å². The van der Waals surface area contributed by atoms with Crippen LogP contribution in [0.5, 0.6) is 0 Å². The van der Waals surface area contributed by atoms with Gasteiger partial charge in [0.05, 0.1) is 13.2 Å². The van der Waals surface area contributed by atoms with Crippen molar-refractivity contribution in [3.63, 3.8) is 0 Å². The van der Waals surface area contributed by atoms with Gasteiger partial charge in [0.15, 0.2) is 0 Å². The predicted octanol–water partition coefficient (Wildman–Crippen LogP) is 0.222. The highest BCUT2D eigenvalue weighted by molar-refractivity contribution is 5.05. The van der Waals surface area contributed by atoms with E-state index in [0.29, 0.717) is 12.0 Å². The number of morpholine rings is 1. The Labute approximate surface area is 79.5 Å². The molecule has 74 valence electrons. The minimum absolute atomic E-state index is 0.297. The van der Waals surface area contributed by atoms with E-state index in [9.17, 15) is 0 Å². The Morgan fingerprint density at radius 3 is 2.69 bits per heavy atom. The van der Waals surface area contributed by atoms with Gasteiger partial charge in [-0.15, -0.1) is 0 Å². The van der Waals surface area contributed by atoms with Crippen molar-refractivity contribution in [2.75, 3.05) is 32.8 Å². The topological polar surface area (TPSA) is 38.5 Å². The second-order valence-corrected chi connectivity index (χ2v) is 3.96. The Balaban J connectivity index is 1.74. The second kappa shape index (κ2) is 4.22. The summed E-state index contributed by atoms with van der Waals surface area (Å²) >= 11 is 0. The highest BCUT2D eigenvalue weighted by Crippen LogP contribution is 2.17. The molecule has 0 bridgehead atoms. The van der Waals surface area contributed by atoms with Crippen molar-refractivity contribution in [1.29, 1.82) is 0 Å². The highest BCUT2D eigenvalue weighted by Gasteiger charge is 2.19. The molecule has 1 fully saturated rings. The van der Waals surface area contributed by atoms with Gasteiger partial charge in [-0.3, -0.25) is 4.90 Å². The van der Waals surface area contributed by atoms with Crippen LogP contribution in [-0.4, -0.2) is 43.8 Å². The van der Waals surface area contributed by atoms with Crippen molar-refractivity contribution in [2.24, 2.45) is 11.7 Å². The van der Waals surface area contributed by atoms with E-state index in [0.717, 1.165) is 39.3 Å². The zero-order valence-electron chi connectivity index (χ0n) is 7.98. The van der Waals surface area contributed by atoms with E-state index < -0.39 is 0 Å². The van der Waals surface area contributed by atoms with Crippen molar-refractivity contribution in [3.8, 4) is 0 Å². The van der Waals surface area contributed by atoms with Gasteiger partial charge in [0.1, 0.15) is 0 Å². The normalized spacial score (nSPS) is 35.5. The molecule has 1 aliphatic carbocycles. The molecule has 0 aromatic carbocycles. The molecule has 0 saturated carbocycles. The van der Waals surface area contributed by atoms with Gasteiger partial charge in [0.25, 0.3) is 0 Å². The molecule has 3 heteroatoms. The first-order valence-electron chi connectivity index (χ1n) is 5.08. The molecular weight excluding hydrogens is 164 g/mol. The maximum Gasteiger partial charge on any atom is 0.0594 e. The van der Waals surface area contributed by atoms with Gasteiger partial charge in [0, 0.05) is 25.7 Å². The monoisotopic (exact) mass is 182 g/mol. The molecular formula is C10H18N2O. The Hall–Kier alpha value is -0.380. The van der Waals surface area contributed by atoms with Gasteiger partial charge in [-0.05, 0) is 12.3 Å². The lowest BCUT2D eigenvalue weighted by Crippen LogP contribution is -2.39. The largest absolute Gasteiger partial charge is 0.379 e. The summed E-state index contributed by atoms with van der Waals surface area (Å²) in [5.74, 6) is 0.674. The summed E-state index contributed by atoms with van der Waals surface area (Å²) in [6.07, 6.45) is 5.52. The van der Waals surface area contributed by atoms with Gasteiger partial charge >= 0.3 is 0 Å². The van der Waals surface area contributed by atoms with Crippen LogP contribution in [0.4, 0.5) is 0 Å². The zero-order valence-corrected chi connectivity index (χ0v) is 7.98. The third-order valence-electron chi connectivity index (χ3n) is 2.80. The lowest BCUT2D eigenvalue weighted by Gasteiger charge is -2.28. The van der Waals surface area contributed by atoms with Crippen molar-refractivity contribution in [1.82, 2.24) is 4.90 Å². The fourth-order valence-electron chi connectivity index (χ4n) is 2.06. The highest BCUT2D eigenvalue weighted by atomic mass is 16.5. The molecule has 1 unspecified atom stereocenters. The van der Waals surface area contributed by atoms with Crippen LogP contribution in [0, 0.1) is 5.92 Å². The molecule has 2 atom stereocenters. The van der Waals surface area contributed by atoms with E-state index in [2.05, 4.69) is 17.1 Å². The molecule has 2 rings (SSSR count). The number of hydrogen-bond donors (Lipinski definition) is 1. The molecule has 3 nitrogen and oxygen atoms in total. The number of nitrogens with zero attached hydrogens (tertiary/aromatic N) is 1. The summed E-state index contributed by atoms with van der Waals surface area (Å²) in [5.41, 5.74) is 5.80. The molecule has 1 heterocycles. The summed E-state index contributed by atoms with van der Waals surface area (Å²) in [5, 5.41) is 0. The molecule has 0 amide bonds. The van der Waals surface area contributed by atoms with Crippen molar-refractivity contribution >= 4 is 0 Å². The average Bonchev–Trinajstić information content (AvgIpc) is 2.53. The number of hydrogen-bond acceptors (Lipinski definition) is 3. The van der Waals surface area contributed by atoms with Crippen LogP contribution in [0.25, 0.3) is 0 Å². The number of ether oxygens (including phenoxy) is 1. The van der Waals surface area contributed by atoms with Crippen LogP contribution in [-0.2, 0) is 4.74 Å². The standard InChI is InChI=1S/C10H18N2O/c11-10-2-1-9(7-10)8-12-3-5-13-6-4-12/h1-2,9-10H,3-8,11H2/t9?,10-/m1/s1. The average molecular weight is 182 g/mol. The van der Waals surface area contributed by atoms with Gasteiger partial charge in [-0.25, -0.2) is 0 Å². The van der Waals surface area contributed by atoms with Crippen LogP contribution in [0.15, 0.2) is 12.2 Å². The number of nitrogens with two attached hydrogens (primary N) is 1. The second-order valence-electron chi connectivity index (χ2n) is 3.96. The quantitative estimate of drug-likeness (QED) is 0.621. The van der Waals surface area contributed by atoms with Gasteiger partial charge in [-0.2, -0.15) is 0 Å². The lowest BCUT2D eigenvalue weighted by molar-refractivity contribution is 0.0333. The van der Waals surface area contributed by atoms with Gasteiger partial charge < -0.3 is 10.5 Å². The summed E-state index contributed by atoms with van der Waals surface area (Å²) in [6.45, 7) is 5.11. The molecule has 0 aromatic heterocycles. The summed E-state index contributed by atoms with van der Waals surface area (Å²) < 4.78 is 5.30. The van der Waals surface area contributed by atoms with Gasteiger partial charge in [-0.1, -0.05) is 12.2 Å². The Bertz CT molecular complexity index is 187. The van der Waals surface area contributed by atoms with Crippen LogP contribution >= 0.6 is 0 Å². The van der Waals surface area contributed by atoms with Crippen molar-refractivity contribution in [3.05, 3.63) is 12.2 Å². The maximum atomic E-state index is 5.80. The Morgan fingerprint density at radius 2 is 2.08 bits per heavy atom. The first kappa shape index (κ1) is 9.19. The smallest absolute Gasteiger partial charge is 0.0594 e. The molecule has 2 aliphatic rings. The SMILES string of the molecule is N[C@@H]1C=CC(CN2CCOCC2)C1. The van der Waals surface area contributed by atoms with E-state index in [4.69, 9.17) is 10.5 Å². The minimum atomic E-state index is 0.297. The van der Waals surface area contributed by atoms with Crippen molar-refractivity contribution < 1.29 is 4.74 Å². The minimum Gasteiger partial charge on any atom is -0.379 e. The third kappa shape index (κ3) is 2.53. The molecule has 0 aromatic rings. The van der Waals surface area contributed by atoms with E-state index >= 15 is 0 Å². The summed E-state index contributed by atoms with van der Waals surface area (Å²) in [4.78, 5) is 2.47. The predicted molar refractivity (Wildman–Crippen MR) is 52.5 cm³/mol. The van der Waals surface area contributed by atoms with Crippen LogP contribution in [0.2, 0.25) is 0 Å². The molecule has 2 N–H and O–H groups in total. The zero-order chi connectivity index (χ0) is 9.10. The first-order valence-corrected chi connectivity index (χ1v) is 5.08. The Kier molecular flexibility index (Phi) is 2.98. The van der Waals surface area contributed by atoms with E-state index in [1.54, 1.807) is 0 Å². The molecule has 0 radical (unpaired) electrons. The fraction of sp³-hybridized carbons (Fsp3) is 0.800. The maximum absolute atomic E-state index is 5.80. The molecule has 13 heavy (non-hydrogen) atoms. The van der Waals surface area contributed by atoms with Crippen LogP contribution < -0.4 is 5.73 Å². The van der Waals surface area contributed by atoms with Crippen LogP contribution in [0.1, 0.15) is 6.42 Å². The first-order chi connectivity index (χ1) is 6.34. The molecule has 1 aliphatic heterocycles. The fourth-order valence-corrected chi connectivity index (χ4v) is 2.06. The summed E-state index contributed by atoms with van der Waals surface area (Å²) in [7, 11) is 0. The van der Waals surface area contributed by atoms with Crippen molar-refractivity contribution in [2.45, 2.75) is 12.5 Å².